The Balaban J connectivity index is 2.30. The van der Waals surface area contributed by atoms with Gasteiger partial charge in [-0.3, -0.25) is 4.79 Å². The molecule has 0 N–H and O–H groups in total. The maximum absolute atomic E-state index is 12.6. The topological polar surface area (TPSA) is 75.0 Å². The molecule has 0 spiro atoms. The highest BCUT2D eigenvalue weighted by molar-refractivity contribution is 5.90. The lowest BCUT2D eigenvalue weighted by Crippen LogP contribution is -2.14. The van der Waals surface area contributed by atoms with Crippen molar-refractivity contribution in [3.8, 4) is 17.2 Å². The van der Waals surface area contributed by atoms with E-state index < -0.39 is 11.6 Å². The van der Waals surface area contributed by atoms with E-state index in [1.165, 1.54) is 18.1 Å². The Hall–Kier alpha value is -3.28. The van der Waals surface area contributed by atoms with Crippen LogP contribution in [0.25, 0.3) is 11.0 Å². The lowest BCUT2D eigenvalue weighted by Gasteiger charge is -2.13. The summed E-state index contributed by atoms with van der Waals surface area (Å²) in [7, 11) is 0. The number of hydrogen-bond acceptors (Lipinski definition) is 6. The zero-order valence-corrected chi connectivity index (χ0v) is 20.2. The Morgan fingerprint density at radius 1 is 1.00 bits per heavy atom. The first kappa shape index (κ1) is 26.0. The van der Waals surface area contributed by atoms with Gasteiger partial charge in [0.05, 0.1) is 12.0 Å². The average Bonchev–Trinajstić information content (AvgIpc) is 2.75. The number of fused-ring (bicyclic) bond motifs is 1. The van der Waals surface area contributed by atoms with Gasteiger partial charge in [0, 0.05) is 6.92 Å². The van der Waals surface area contributed by atoms with Gasteiger partial charge >= 0.3 is 11.6 Å². The standard InChI is InChI=1S/C27H34O6/c1-6-7-8-9-17-31-25-22-14-11-15-23(24(22)33-27(29)26(25)32-21(5)28)30-18-16-20(4)13-10-12-19(2)3/h7-8,11-12,14-16H,6,9-10,13,17-18H2,1-5H3/b8-7+,20-16+. The van der Waals surface area contributed by atoms with E-state index in [-0.39, 0.29) is 17.1 Å². The van der Waals surface area contributed by atoms with Crippen LogP contribution >= 0.6 is 0 Å². The fourth-order valence-electron chi connectivity index (χ4n) is 3.12. The van der Waals surface area contributed by atoms with Crippen LogP contribution in [0.4, 0.5) is 0 Å². The SMILES string of the molecule is CC/C=C/CCOc1c(OC(C)=O)c(=O)oc2c(OC/C=C(\C)CCC=C(C)C)cccc12. The highest BCUT2D eigenvalue weighted by Gasteiger charge is 2.21. The van der Waals surface area contributed by atoms with Crippen LogP contribution in [0, 0.1) is 0 Å². The van der Waals surface area contributed by atoms with E-state index in [1.807, 2.05) is 25.2 Å². The van der Waals surface area contributed by atoms with Crippen molar-refractivity contribution in [3.63, 3.8) is 0 Å². The van der Waals surface area contributed by atoms with Crippen molar-refractivity contribution >= 4 is 16.9 Å². The van der Waals surface area contributed by atoms with Crippen LogP contribution in [-0.4, -0.2) is 19.2 Å². The molecular formula is C27H34O6. The molecule has 2 rings (SSSR count). The summed E-state index contributed by atoms with van der Waals surface area (Å²) < 4.78 is 22.4. The van der Waals surface area contributed by atoms with Gasteiger partial charge in [-0.05, 0) is 64.7 Å². The molecule has 1 heterocycles. The summed E-state index contributed by atoms with van der Waals surface area (Å²) in [6, 6.07) is 5.26. The van der Waals surface area contributed by atoms with Crippen LogP contribution in [0.15, 0.2) is 62.9 Å². The molecule has 0 saturated carbocycles. The van der Waals surface area contributed by atoms with Gasteiger partial charge in [-0.15, -0.1) is 0 Å². The molecule has 0 bridgehead atoms. The number of hydrogen-bond donors (Lipinski definition) is 0. The van der Waals surface area contributed by atoms with Gasteiger partial charge in [-0.1, -0.05) is 42.4 Å². The molecule has 6 nitrogen and oxygen atoms in total. The number of carbonyl (C=O) groups is 1. The number of benzene rings is 1. The molecule has 0 saturated heterocycles. The van der Waals surface area contributed by atoms with E-state index in [0.29, 0.717) is 30.8 Å². The summed E-state index contributed by atoms with van der Waals surface area (Å²) in [4.78, 5) is 24.2. The maximum atomic E-state index is 12.6. The third kappa shape index (κ3) is 8.29. The molecule has 0 amide bonds. The van der Waals surface area contributed by atoms with Crippen LogP contribution < -0.4 is 19.8 Å². The summed E-state index contributed by atoms with van der Waals surface area (Å²) in [5.41, 5.74) is 1.99. The molecule has 0 aliphatic carbocycles. The van der Waals surface area contributed by atoms with E-state index in [9.17, 15) is 9.59 Å². The van der Waals surface area contributed by atoms with Crippen molar-refractivity contribution in [1.29, 1.82) is 0 Å². The second-order valence-electron chi connectivity index (χ2n) is 7.97. The number of allylic oxidation sites excluding steroid dienone is 4. The molecule has 6 heteroatoms. The molecule has 0 aliphatic heterocycles. The summed E-state index contributed by atoms with van der Waals surface area (Å²) in [6.45, 7) is 10.2. The first-order valence-corrected chi connectivity index (χ1v) is 11.3. The largest absolute Gasteiger partial charge is 0.488 e. The average molecular weight is 455 g/mol. The number of para-hydroxylation sites is 1. The smallest absolute Gasteiger partial charge is 0.383 e. The minimum atomic E-state index is -0.790. The van der Waals surface area contributed by atoms with Crippen molar-refractivity contribution in [2.24, 2.45) is 0 Å². The molecule has 0 aliphatic rings. The molecule has 0 atom stereocenters. The fraction of sp³-hybridized carbons (Fsp3) is 0.407. The van der Waals surface area contributed by atoms with E-state index in [0.717, 1.165) is 19.3 Å². The summed E-state index contributed by atoms with van der Waals surface area (Å²) >= 11 is 0. The van der Waals surface area contributed by atoms with Gasteiger partial charge in [-0.25, -0.2) is 4.79 Å². The highest BCUT2D eigenvalue weighted by Crippen LogP contribution is 2.37. The van der Waals surface area contributed by atoms with Gasteiger partial charge in [0.15, 0.2) is 17.1 Å². The summed E-state index contributed by atoms with van der Waals surface area (Å²) in [5, 5.41) is 0.507. The first-order valence-electron chi connectivity index (χ1n) is 11.3. The number of rotatable bonds is 12. The molecule has 0 radical (unpaired) electrons. The monoisotopic (exact) mass is 454 g/mol. The highest BCUT2D eigenvalue weighted by atomic mass is 16.6. The molecule has 1 aromatic heterocycles. The zero-order valence-electron chi connectivity index (χ0n) is 20.2. The van der Waals surface area contributed by atoms with Crippen LogP contribution in [-0.2, 0) is 4.79 Å². The Bertz CT molecular complexity index is 1080. The summed E-state index contributed by atoms with van der Waals surface area (Å²) in [6.07, 6.45) is 11.8. The third-order valence-corrected chi connectivity index (χ3v) is 4.75. The van der Waals surface area contributed by atoms with Gasteiger partial charge < -0.3 is 18.6 Å². The zero-order chi connectivity index (χ0) is 24.2. The van der Waals surface area contributed by atoms with Crippen molar-refractivity contribution in [3.05, 3.63) is 64.1 Å². The van der Waals surface area contributed by atoms with Crippen LogP contribution in [0.5, 0.6) is 17.2 Å². The fourth-order valence-corrected chi connectivity index (χ4v) is 3.12. The predicted octanol–water partition coefficient (Wildman–Crippen LogP) is 6.52. The van der Waals surface area contributed by atoms with Gasteiger partial charge in [0.2, 0.25) is 0 Å². The molecule has 2 aromatic rings. The Labute approximate surface area is 195 Å². The molecular weight excluding hydrogens is 420 g/mol. The Kier molecular flexibility index (Phi) is 10.5. The lowest BCUT2D eigenvalue weighted by molar-refractivity contribution is -0.132. The van der Waals surface area contributed by atoms with Crippen LogP contribution in [0.2, 0.25) is 0 Å². The molecule has 178 valence electrons. The van der Waals surface area contributed by atoms with Crippen molar-refractivity contribution in [2.45, 2.75) is 60.3 Å². The van der Waals surface area contributed by atoms with Crippen LogP contribution in [0.1, 0.15) is 60.3 Å². The van der Waals surface area contributed by atoms with Crippen LogP contribution in [0.3, 0.4) is 0 Å². The van der Waals surface area contributed by atoms with Gasteiger partial charge in [-0.2, -0.15) is 0 Å². The van der Waals surface area contributed by atoms with E-state index in [1.54, 1.807) is 18.2 Å². The molecule has 33 heavy (non-hydrogen) atoms. The number of esters is 1. The van der Waals surface area contributed by atoms with Crippen molar-refractivity contribution < 1.29 is 23.4 Å². The van der Waals surface area contributed by atoms with Gasteiger partial charge in [0.25, 0.3) is 5.75 Å². The van der Waals surface area contributed by atoms with E-state index in [4.69, 9.17) is 18.6 Å². The maximum Gasteiger partial charge on any atom is 0.383 e. The van der Waals surface area contributed by atoms with Crippen molar-refractivity contribution in [1.82, 2.24) is 0 Å². The van der Waals surface area contributed by atoms with Crippen molar-refractivity contribution in [2.75, 3.05) is 13.2 Å². The molecule has 1 aromatic carbocycles. The van der Waals surface area contributed by atoms with Gasteiger partial charge in [0.1, 0.15) is 6.61 Å². The minimum absolute atomic E-state index is 0.181. The quantitative estimate of drug-likeness (QED) is 0.157. The number of ether oxygens (including phenoxy) is 3. The second-order valence-corrected chi connectivity index (χ2v) is 7.97. The minimum Gasteiger partial charge on any atom is -0.488 e. The Morgan fingerprint density at radius 3 is 2.48 bits per heavy atom. The van der Waals surface area contributed by atoms with E-state index in [2.05, 4.69) is 26.8 Å². The molecule has 0 fully saturated rings. The lowest BCUT2D eigenvalue weighted by atomic mass is 10.1. The summed E-state index contributed by atoms with van der Waals surface area (Å²) in [5.74, 6) is -0.275. The third-order valence-electron chi connectivity index (χ3n) is 4.75. The first-order chi connectivity index (χ1) is 15.8. The number of carbonyl (C=O) groups excluding carboxylic acids is 1. The predicted molar refractivity (Wildman–Crippen MR) is 131 cm³/mol. The second kappa shape index (κ2) is 13.3. The molecule has 0 unspecified atom stereocenters. The normalized spacial score (nSPS) is 11.6. The van der Waals surface area contributed by atoms with E-state index >= 15 is 0 Å². The Morgan fingerprint density at radius 2 is 1.79 bits per heavy atom.